The van der Waals surface area contributed by atoms with Gasteiger partial charge < -0.3 is 14.2 Å². The number of halogens is 2. The molecule has 0 radical (unpaired) electrons. The van der Waals surface area contributed by atoms with Crippen LogP contribution >= 0.6 is 0 Å². The monoisotopic (exact) mass is 336 g/mol. The highest BCUT2D eigenvalue weighted by molar-refractivity contribution is 5.83. The Morgan fingerprint density at radius 2 is 1.62 bits per heavy atom. The zero-order valence-corrected chi connectivity index (χ0v) is 13.5. The number of benzene rings is 2. The van der Waals surface area contributed by atoms with Crippen LogP contribution in [0, 0.1) is 6.92 Å². The van der Waals surface area contributed by atoms with Crippen LogP contribution in [0.4, 0.5) is 14.5 Å². The molecule has 0 unspecified atom stereocenters. The van der Waals surface area contributed by atoms with E-state index in [-0.39, 0.29) is 17.2 Å². The SMILES string of the molecule is COc1cc(/C=N\Nc2ccc(C)cc2)cc(OC)c1OC(F)F. The Morgan fingerprint density at radius 3 is 2.12 bits per heavy atom. The number of alkyl halides is 2. The van der Waals surface area contributed by atoms with Crippen molar-refractivity contribution < 1.29 is 23.0 Å². The van der Waals surface area contributed by atoms with E-state index in [9.17, 15) is 8.78 Å². The Hall–Kier alpha value is -2.83. The molecule has 2 aromatic carbocycles. The number of hydrogen-bond acceptors (Lipinski definition) is 5. The molecule has 0 aliphatic rings. The van der Waals surface area contributed by atoms with Gasteiger partial charge in [0.25, 0.3) is 0 Å². The van der Waals surface area contributed by atoms with Gasteiger partial charge >= 0.3 is 6.61 Å². The largest absolute Gasteiger partial charge is 0.493 e. The molecule has 0 aliphatic heterocycles. The first-order valence-electron chi connectivity index (χ1n) is 7.10. The Kier molecular flexibility index (Phi) is 5.95. The van der Waals surface area contributed by atoms with Gasteiger partial charge in [0, 0.05) is 5.56 Å². The van der Waals surface area contributed by atoms with Gasteiger partial charge in [0.15, 0.2) is 11.5 Å². The van der Waals surface area contributed by atoms with Crippen molar-refractivity contribution in [1.82, 2.24) is 0 Å². The summed E-state index contributed by atoms with van der Waals surface area (Å²) in [4.78, 5) is 0. The normalized spacial score (nSPS) is 10.9. The van der Waals surface area contributed by atoms with Crippen LogP contribution < -0.4 is 19.6 Å². The van der Waals surface area contributed by atoms with Crippen LogP contribution in [0.3, 0.4) is 0 Å². The number of nitrogens with one attached hydrogen (secondary N) is 1. The molecule has 128 valence electrons. The Morgan fingerprint density at radius 1 is 1.04 bits per heavy atom. The minimum Gasteiger partial charge on any atom is -0.493 e. The molecule has 0 bridgehead atoms. The van der Waals surface area contributed by atoms with E-state index in [4.69, 9.17) is 9.47 Å². The molecule has 2 aromatic rings. The van der Waals surface area contributed by atoms with Crippen LogP contribution in [0.2, 0.25) is 0 Å². The van der Waals surface area contributed by atoms with E-state index in [1.54, 1.807) is 0 Å². The lowest BCUT2D eigenvalue weighted by molar-refractivity contribution is -0.0526. The average Bonchev–Trinajstić information content (AvgIpc) is 2.57. The predicted molar refractivity (Wildman–Crippen MR) is 88.6 cm³/mol. The van der Waals surface area contributed by atoms with Crippen molar-refractivity contribution in [1.29, 1.82) is 0 Å². The Balaban J connectivity index is 2.20. The zero-order valence-electron chi connectivity index (χ0n) is 13.5. The summed E-state index contributed by atoms with van der Waals surface area (Å²) >= 11 is 0. The zero-order chi connectivity index (χ0) is 17.5. The summed E-state index contributed by atoms with van der Waals surface area (Å²) in [7, 11) is 2.72. The van der Waals surface area contributed by atoms with Crippen LogP contribution in [0.25, 0.3) is 0 Å². The van der Waals surface area contributed by atoms with Crippen LogP contribution in [0.5, 0.6) is 17.2 Å². The quantitative estimate of drug-likeness (QED) is 0.612. The van der Waals surface area contributed by atoms with Crippen LogP contribution in [-0.2, 0) is 0 Å². The fraction of sp³-hybridized carbons (Fsp3) is 0.235. The molecular formula is C17H18F2N2O3. The second-order valence-electron chi connectivity index (χ2n) is 4.87. The summed E-state index contributed by atoms with van der Waals surface area (Å²) in [6.45, 7) is -0.982. The van der Waals surface area contributed by atoms with Crippen molar-refractivity contribution in [3.63, 3.8) is 0 Å². The van der Waals surface area contributed by atoms with E-state index in [1.165, 1.54) is 32.6 Å². The van der Waals surface area contributed by atoms with Crippen molar-refractivity contribution >= 4 is 11.9 Å². The van der Waals surface area contributed by atoms with Gasteiger partial charge in [0.05, 0.1) is 26.1 Å². The lowest BCUT2D eigenvalue weighted by Crippen LogP contribution is -2.06. The van der Waals surface area contributed by atoms with Crippen molar-refractivity contribution in [2.24, 2.45) is 5.10 Å². The third-order valence-corrected chi connectivity index (χ3v) is 3.15. The van der Waals surface area contributed by atoms with Crippen LogP contribution in [0.1, 0.15) is 11.1 Å². The van der Waals surface area contributed by atoms with Crippen molar-refractivity contribution in [3.8, 4) is 17.2 Å². The fourth-order valence-corrected chi connectivity index (χ4v) is 1.99. The lowest BCUT2D eigenvalue weighted by atomic mass is 10.2. The predicted octanol–water partition coefficient (Wildman–Crippen LogP) is 4.06. The average molecular weight is 336 g/mol. The first-order valence-corrected chi connectivity index (χ1v) is 7.10. The number of hydrazone groups is 1. The van der Waals surface area contributed by atoms with E-state index in [2.05, 4.69) is 15.3 Å². The van der Waals surface area contributed by atoms with Gasteiger partial charge in [-0.25, -0.2) is 0 Å². The van der Waals surface area contributed by atoms with Gasteiger partial charge in [-0.2, -0.15) is 13.9 Å². The maximum atomic E-state index is 12.5. The summed E-state index contributed by atoms with van der Waals surface area (Å²) in [6, 6.07) is 10.8. The Labute approximate surface area is 138 Å². The molecule has 24 heavy (non-hydrogen) atoms. The third kappa shape index (κ3) is 4.58. The third-order valence-electron chi connectivity index (χ3n) is 3.15. The summed E-state index contributed by atoms with van der Waals surface area (Å²) in [5.74, 6) is 0.108. The van der Waals surface area contributed by atoms with Gasteiger partial charge in [-0.15, -0.1) is 0 Å². The van der Waals surface area contributed by atoms with Gasteiger partial charge in [-0.1, -0.05) is 17.7 Å². The highest BCUT2D eigenvalue weighted by Gasteiger charge is 2.17. The molecule has 5 nitrogen and oxygen atoms in total. The molecule has 1 N–H and O–H groups in total. The second kappa shape index (κ2) is 8.14. The van der Waals surface area contributed by atoms with Crippen LogP contribution in [0.15, 0.2) is 41.5 Å². The van der Waals surface area contributed by atoms with Gasteiger partial charge in [-0.3, -0.25) is 5.43 Å². The molecular weight excluding hydrogens is 318 g/mol. The van der Waals surface area contributed by atoms with Crippen LogP contribution in [-0.4, -0.2) is 27.0 Å². The first-order chi connectivity index (χ1) is 11.5. The maximum absolute atomic E-state index is 12.5. The second-order valence-corrected chi connectivity index (χ2v) is 4.87. The number of methoxy groups -OCH3 is 2. The lowest BCUT2D eigenvalue weighted by Gasteiger charge is -2.14. The van der Waals surface area contributed by atoms with Gasteiger partial charge in [0.2, 0.25) is 5.75 Å². The smallest absolute Gasteiger partial charge is 0.387 e. The van der Waals surface area contributed by atoms with Crippen molar-refractivity contribution in [2.45, 2.75) is 13.5 Å². The number of nitrogens with zero attached hydrogens (tertiary/aromatic N) is 1. The summed E-state index contributed by atoms with van der Waals surface area (Å²) in [6.07, 6.45) is 1.52. The minimum absolute atomic E-state index is 0.131. The molecule has 0 atom stereocenters. The van der Waals surface area contributed by atoms with Gasteiger partial charge in [0.1, 0.15) is 0 Å². The molecule has 0 heterocycles. The Bertz CT molecular complexity index is 678. The summed E-state index contributed by atoms with van der Waals surface area (Å²) in [5.41, 5.74) is 5.45. The number of hydrogen-bond donors (Lipinski definition) is 1. The molecule has 7 heteroatoms. The molecule has 0 saturated heterocycles. The van der Waals surface area contributed by atoms with E-state index in [1.807, 2.05) is 31.2 Å². The van der Waals surface area contributed by atoms with E-state index >= 15 is 0 Å². The highest BCUT2D eigenvalue weighted by Crippen LogP contribution is 2.39. The molecule has 0 aliphatic carbocycles. The highest BCUT2D eigenvalue weighted by atomic mass is 19.3. The molecule has 0 saturated carbocycles. The molecule has 0 fully saturated rings. The molecule has 2 rings (SSSR count). The number of anilines is 1. The first kappa shape index (κ1) is 17.5. The van der Waals surface area contributed by atoms with Crippen molar-refractivity contribution in [2.75, 3.05) is 19.6 Å². The molecule has 0 aromatic heterocycles. The summed E-state index contributed by atoms with van der Waals surface area (Å²) in [5, 5.41) is 4.11. The van der Waals surface area contributed by atoms with Gasteiger partial charge in [-0.05, 0) is 31.2 Å². The topological polar surface area (TPSA) is 52.1 Å². The standard InChI is InChI=1S/C17H18F2N2O3/c1-11-4-6-13(7-5-11)21-20-10-12-8-14(22-2)16(24-17(18)19)15(9-12)23-3/h4-10,17,21H,1-3H3/b20-10-. The molecule has 0 spiro atoms. The number of rotatable bonds is 7. The van der Waals surface area contributed by atoms with E-state index in [0.717, 1.165) is 11.3 Å². The van der Waals surface area contributed by atoms with Crippen molar-refractivity contribution in [3.05, 3.63) is 47.5 Å². The number of aryl methyl sites for hydroxylation is 1. The molecule has 0 amide bonds. The van der Waals surface area contributed by atoms with E-state index < -0.39 is 6.61 Å². The number of ether oxygens (including phenoxy) is 3. The van der Waals surface area contributed by atoms with E-state index in [0.29, 0.717) is 5.56 Å². The minimum atomic E-state index is -2.98. The summed E-state index contributed by atoms with van der Waals surface area (Å²) < 4.78 is 39.6. The maximum Gasteiger partial charge on any atom is 0.387 e. The fourth-order valence-electron chi connectivity index (χ4n) is 1.99.